The maximum Gasteiger partial charge on any atom is 0.435 e. The third kappa shape index (κ3) is 11.8. The molecule has 0 saturated heterocycles. The molecule has 3 N–H and O–H groups in total. The highest BCUT2D eigenvalue weighted by molar-refractivity contribution is 7.92. The third-order valence-corrected chi connectivity index (χ3v) is 15.9. The summed E-state index contributed by atoms with van der Waals surface area (Å²) >= 11 is 6.59. The Morgan fingerprint density at radius 2 is 1.59 bits per heavy atom. The lowest BCUT2D eigenvalue weighted by molar-refractivity contribution is -0.150. The van der Waals surface area contributed by atoms with Crippen molar-refractivity contribution in [1.82, 2.24) is 35.2 Å². The number of nitrogens with zero attached hydrogens (tertiary/aromatic N) is 6. The van der Waals surface area contributed by atoms with Crippen molar-refractivity contribution in [2.24, 2.45) is 5.92 Å². The lowest BCUT2D eigenvalue weighted by Crippen LogP contribution is -2.39. The summed E-state index contributed by atoms with van der Waals surface area (Å²) < 4.78 is 203. The SMILES string of the molecule is CC(C)(CCc1ccc(-c2ccc(Cl)c3c(N(C(=O)OCCNC(=O)C(=O)O)S(C)(=O)=O)nn(CC(F)(F)F)c23)c([C@H](Cc2cc(F)cc(F)c2)NC(=O)Cn2nc(C(F)(F)F)c3c2C(F)(F)C2C[C@H]32)n1)S(C)(=O)=O. The van der Waals surface area contributed by atoms with E-state index in [1.54, 1.807) is 0 Å². The Balaban J connectivity index is 1.43. The van der Waals surface area contributed by atoms with Crippen LogP contribution in [0.5, 0.6) is 0 Å². The Morgan fingerprint density at radius 1 is 0.947 bits per heavy atom. The largest absolute Gasteiger partial charge is 0.474 e. The first-order chi connectivity index (χ1) is 34.5. The zero-order valence-electron chi connectivity index (χ0n) is 39.2. The maximum absolute atomic E-state index is 15.6. The maximum atomic E-state index is 15.6. The number of aryl methyl sites for hydroxylation is 1. The van der Waals surface area contributed by atoms with E-state index >= 15 is 8.78 Å². The second kappa shape index (κ2) is 19.9. The highest BCUT2D eigenvalue weighted by Gasteiger charge is 2.68. The Morgan fingerprint density at radius 3 is 2.17 bits per heavy atom. The Labute approximate surface area is 423 Å². The fourth-order valence-corrected chi connectivity index (χ4v) is 10.1. The molecule has 2 aliphatic rings. The highest BCUT2D eigenvalue weighted by atomic mass is 35.5. The first kappa shape index (κ1) is 56.2. The number of nitrogens with one attached hydrogen (secondary N) is 2. The topological polar surface area (TPSA) is 242 Å². The number of sulfonamides is 1. The number of sulfone groups is 1. The van der Waals surface area contributed by atoms with Crippen LogP contribution in [-0.2, 0) is 77.0 Å². The van der Waals surface area contributed by atoms with Crippen LogP contribution < -0.4 is 14.9 Å². The van der Waals surface area contributed by atoms with Crippen molar-refractivity contribution < 1.29 is 89.8 Å². The average Bonchev–Trinajstić information content (AvgIpc) is 3.78. The van der Waals surface area contributed by atoms with Crippen LogP contribution in [0.15, 0.2) is 42.5 Å². The van der Waals surface area contributed by atoms with Crippen LogP contribution >= 0.6 is 11.6 Å². The molecule has 5 aromatic rings. The number of rotatable bonds is 17. The van der Waals surface area contributed by atoms with Gasteiger partial charge in [0.1, 0.15) is 37.0 Å². The van der Waals surface area contributed by atoms with Gasteiger partial charge >= 0.3 is 30.3 Å². The van der Waals surface area contributed by atoms with Crippen molar-refractivity contribution in [2.45, 2.75) is 87.6 Å². The normalized spacial score (nSPS) is 16.8. The number of aromatic nitrogens is 5. The summed E-state index contributed by atoms with van der Waals surface area (Å²) in [6, 6.07) is 4.84. The van der Waals surface area contributed by atoms with Gasteiger partial charge in [-0.25, -0.2) is 35.2 Å². The third-order valence-electron chi connectivity index (χ3n) is 12.4. The number of carboxylic acid groups (broad SMARTS) is 1. The number of fused-ring (bicyclic) bond motifs is 4. The lowest BCUT2D eigenvalue weighted by atomic mass is 9.93. The van der Waals surface area contributed by atoms with Gasteiger partial charge in [-0.2, -0.15) is 49.6 Å². The monoisotopic (exact) mass is 1130 g/mol. The molecule has 0 aliphatic heterocycles. The van der Waals surface area contributed by atoms with Crippen molar-refractivity contribution in [2.75, 3.05) is 30.0 Å². The molecular formula is C44H41ClF10N8O10S2. The van der Waals surface area contributed by atoms with Crippen molar-refractivity contribution in [3.8, 4) is 11.1 Å². The molecule has 3 atom stereocenters. The molecule has 0 bridgehead atoms. The van der Waals surface area contributed by atoms with Gasteiger partial charge < -0.3 is 20.5 Å². The van der Waals surface area contributed by atoms with Crippen LogP contribution in [0.4, 0.5) is 54.5 Å². The van der Waals surface area contributed by atoms with Crippen molar-refractivity contribution in [3.05, 3.63) is 93.0 Å². The van der Waals surface area contributed by atoms with E-state index in [4.69, 9.17) is 21.4 Å². The summed E-state index contributed by atoms with van der Waals surface area (Å²) in [5, 5.41) is 19.0. The molecule has 7 rings (SSSR count). The number of ether oxygens (including phenoxy) is 1. The molecular weight excluding hydrogens is 1090 g/mol. The number of hydrogen-bond acceptors (Lipinski definition) is 12. The van der Waals surface area contributed by atoms with Gasteiger partial charge in [0, 0.05) is 40.6 Å². The van der Waals surface area contributed by atoms with Crippen molar-refractivity contribution in [3.63, 3.8) is 0 Å². The van der Waals surface area contributed by atoms with Gasteiger partial charge in [0.05, 0.1) is 45.2 Å². The number of aliphatic carboxylic acids is 1. The Hall–Kier alpha value is -6.56. The van der Waals surface area contributed by atoms with E-state index in [0.29, 0.717) is 12.3 Å². The van der Waals surface area contributed by atoms with E-state index in [-0.39, 0.29) is 49.8 Å². The molecule has 2 aliphatic carbocycles. The fourth-order valence-electron chi connectivity index (χ4n) is 8.64. The van der Waals surface area contributed by atoms with E-state index < -0.39 is 179 Å². The number of hydrogen-bond donors (Lipinski definition) is 3. The summed E-state index contributed by atoms with van der Waals surface area (Å²) in [7, 11) is -8.74. The molecule has 0 spiro atoms. The standard InChI is InChI=1S/C44H41ClF10N8O10S2/c1-41(2,74(3,69)70)10-9-23-5-6-24(25-7-8-28(45)32-34(25)62(19-42(48,49)50)60-37(32)63(75(4,71)72)40(68)73-12-11-56-38(65)39(66)67)33(57-23)29(15-20-13-21(46)16-22(47)14-20)58-30(64)18-61-36-31(35(59-61)44(53,54)55)26-17-27(26)43(36,51)52/h5-8,13-14,16,26-27,29H,9-12,15,17-19H2,1-4H3,(H,56,65)(H,58,64)(H,66,67)/t26-,27?,29-/m0/s1. The number of anilines is 1. The molecule has 406 valence electrons. The van der Waals surface area contributed by atoms with Crippen molar-refractivity contribution >= 4 is 72.1 Å². The average molecular weight is 1130 g/mol. The molecule has 18 nitrogen and oxygen atoms in total. The molecule has 31 heteroatoms. The molecule has 1 unspecified atom stereocenters. The van der Waals surface area contributed by atoms with Crippen LogP contribution in [0.3, 0.4) is 0 Å². The number of amides is 3. The van der Waals surface area contributed by atoms with E-state index in [1.165, 1.54) is 26.0 Å². The zero-order chi connectivity index (χ0) is 55.7. The predicted molar refractivity (Wildman–Crippen MR) is 244 cm³/mol. The number of pyridine rings is 1. The van der Waals surface area contributed by atoms with E-state index in [1.807, 2.05) is 5.32 Å². The molecule has 0 radical (unpaired) electrons. The van der Waals surface area contributed by atoms with Crippen molar-refractivity contribution in [1.29, 1.82) is 0 Å². The first-order valence-corrected chi connectivity index (χ1v) is 26.1. The number of carbonyl (C=O) groups excluding carboxylic acids is 3. The van der Waals surface area contributed by atoms with E-state index in [9.17, 15) is 71.1 Å². The van der Waals surface area contributed by atoms with Gasteiger partial charge in [-0.15, -0.1) is 0 Å². The molecule has 75 heavy (non-hydrogen) atoms. The summed E-state index contributed by atoms with van der Waals surface area (Å²) in [6.07, 6.45) is -12.2. The molecule has 3 aromatic heterocycles. The van der Waals surface area contributed by atoms with Gasteiger partial charge in [-0.05, 0) is 75.3 Å². The van der Waals surface area contributed by atoms with E-state index in [0.717, 1.165) is 30.5 Å². The van der Waals surface area contributed by atoms with Crippen LogP contribution in [-0.4, -0.2) is 107 Å². The molecule has 1 saturated carbocycles. The van der Waals surface area contributed by atoms with Gasteiger partial charge in [0.25, 0.3) is 5.92 Å². The van der Waals surface area contributed by atoms with Crippen LogP contribution in [0, 0.1) is 17.6 Å². The summed E-state index contributed by atoms with van der Waals surface area (Å²) in [6.45, 7) is -2.19. The first-order valence-electron chi connectivity index (χ1n) is 21.9. The second-order valence-corrected chi connectivity index (χ2v) is 23.2. The minimum atomic E-state index is -5.24. The van der Waals surface area contributed by atoms with Gasteiger partial charge in [-0.3, -0.25) is 23.9 Å². The Kier molecular flexibility index (Phi) is 14.9. The summed E-state index contributed by atoms with van der Waals surface area (Å²) in [5.41, 5.74) is -5.69. The number of benzene rings is 2. The predicted octanol–water partition coefficient (Wildman–Crippen LogP) is 6.98. The molecule has 3 heterocycles. The minimum Gasteiger partial charge on any atom is -0.474 e. The van der Waals surface area contributed by atoms with Crippen LogP contribution in [0.2, 0.25) is 5.02 Å². The zero-order valence-corrected chi connectivity index (χ0v) is 41.6. The quantitative estimate of drug-likeness (QED) is 0.0485. The smallest absolute Gasteiger partial charge is 0.435 e. The number of carbonyl (C=O) groups is 4. The molecule has 3 amide bonds. The van der Waals surface area contributed by atoms with Crippen LogP contribution in [0.1, 0.15) is 72.6 Å². The van der Waals surface area contributed by atoms with Gasteiger partial charge in [0.2, 0.25) is 15.9 Å². The summed E-state index contributed by atoms with van der Waals surface area (Å²) in [5.74, 6) is -14.8. The number of halogens is 11. The molecule has 2 aromatic carbocycles. The second-order valence-electron chi connectivity index (χ2n) is 18.3. The van der Waals surface area contributed by atoms with Crippen LogP contribution in [0.25, 0.3) is 22.0 Å². The van der Waals surface area contributed by atoms with Gasteiger partial charge in [-0.1, -0.05) is 23.7 Å². The number of carboxylic acids is 1. The fraction of sp³-hybridized carbons (Fsp3) is 0.432. The highest BCUT2D eigenvalue weighted by Crippen LogP contribution is 2.68. The minimum absolute atomic E-state index is 0.00830. The lowest BCUT2D eigenvalue weighted by Gasteiger charge is -2.25. The van der Waals surface area contributed by atoms with Gasteiger partial charge in [0.15, 0.2) is 21.3 Å². The summed E-state index contributed by atoms with van der Waals surface area (Å²) in [4.78, 5) is 54.7. The Bertz CT molecular complexity index is 3370. The molecule has 1 fully saturated rings. The number of alkyl halides is 8. The van der Waals surface area contributed by atoms with E-state index in [2.05, 4.69) is 20.5 Å².